The van der Waals surface area contributed by atoms with Gasteiger partial charge in [-0.05, 0) is 29.5 Å². The lowest BCUT2D eigenvalue weighted by Crippen LogP contribution is -2.09. The highest BCUT2D eigenvalue weighted by atomic mass is 14.9. The van der Waals surface area contributed by atoms with Crippen LogP contribution in [-0.2, 0) is 13.5 Å². The summed E-state index contributed by atoms with van der Waals surface area (Å²) in [6, 6.07) is 15.5. The van der Waals surface area contributed by atoms with Crippen molar-refractivity contribution in [3.8, 4) is 0 Å². The van der Waals surface area contributed by atoms with Crippen LogP contribution in [0.4, 0.5) is 0 Å². The number of aryl methyl sites for hydroxylation is 1. The molecule has 3 aromatic rings. The van der Waals surface area contributed by atoms with E-state index in [2.05, 4.69) is 74.9 Å². The van der Waals surface area contributed by atoms with Crippen molar-refractivity contribution in [1.29, 1.82) is 0 Å². The van der Waals surface area contributed by atoms with Crippen LogP contribution in [0, 0.1) is 5.41 Å². The Morgan fingerprint density at radius 1 is 0.895 bits per heavy atom. The maximum absolute atomic E-state index is 2.35. The minimum Gasteiger partial charge on any atom is -0.344 e. The second kappa shape index (κ2) is 4.12. The molecule has 1 heterocycles. The summed E-state index contributed by atoms with van der Waals surface area (Å²) in [4.78, 5) is 0. The van der Waals surface area contributed by atoms with Gasteiger partial charge in [0.1, 0.15) is 0 Å². The molecule has 0 amide bonds. The van der Waals surface area contributed by atoms with Crippen LogP contribution in [0.1, 0.15) is 26.3 Å². The molecular weight excluding hydrogens is 230 g/mol. The molecular formula is C18H21N. The Labute approximate surface area is 114 Å². The number of benzene rings is 2. The molecule has 0 aliphatic carbocycles. The predicted molar refractivity (Wildman–Crippen MR) is 83.6 cm³/mol. The molecule has 0 atom stereocenters. The van der Waals surface area contributed by atoms with E-state index in [4.69, 9.17) is 0 Å². The summed E-state index contributed by atoms with van der Waals surface area (Å²) in [5.41, 5.74) is 4.40. The van der Waals surface area contributed by atoms with Gasteiger partial charge in [0, 0.05) is 28.9 Å². The van der Waals surface area contributed by atoms with E-state index in [1.54, 1.807) is 0 Å². The van der Waals surface area contributed by atoms with Gasteiger partial charge in [0.15, 0.2) is 0 Å². The standard InChI is InChI=1S/C18H21N/c1-18(2,3)12-13-9-10-15-14-7-5-6-8-16(14)19(4)17(15)11-13/h5-11H,12H2,1-4H3. The highest BCUT2D eigenvalue weighted by Crippen LogP contribution is 2.30. The normalized spacial score (nSPS) is 12.4. The molecule has 1 heteroatoms. The predicted octanol–water partition coefficient (Wildman–Crippen LogP) is 4.92. The van der Waals surface area contributed by atoms with Crippen LogP contribution >= 0.6 is 0 Å². The average Bonchev–Trinajstić information content (AvgIpc) is 2.62. The monoisotopic (exact) mass is 251 g/mol. The van der Waals surface area contributed by atoms with Gasteiger partial charge in [-0.25, -0.2) is 0 Å². The van der Waals surface area contributed by atoms with E-state index in [0.717, 1.165) is 6.42 Å². The molecule has 98 valence electrons. The molecule has 3 rings (SSSR count). The summed E-state index contributed by atoms with van der Waals surface area (Å²) in [7, 11) is 2.16. The fraction of sp³-hybridized carbons (Fsp3) is 0.333. The zero-order valence-electron chi connectivity index (χ0n) is 12.2. The van der Waals surface area contributed by atoms with Gasteiger partial charge in [0.2, 0.25) is 0 Å². The number of fused-ring (bicyclic) bond motifs is 3. The molecule has 19 heavy (non-hydrogen) atoms. The van der Waals surface area contributed by atoms with E-state index >= 15 is 0 Å². The van der Waals surface area contributed by atoms with Crippen molar-refractivity contribution < 1.29 is 0 Å². The largest absolute Gasteiger partial charge is 0.344 e. The van der Waals surface area contributed by atoms with Crippen LogP contribution in [0.15, 0.2) is 42.5 Å². The van der Waals surface area contributed by atoms with Gasteiger partial charge < -0.3 is 4.57 Å². The summed E-state index contributed by atoms with van der Waals surface area (Å²) in [5.74, 6) is 0. The fourth-order valence-corrected chi connectivity index (χ4v) is 2.93. The van der Waals surface area contributed by atoms with E-state index in [0.29, 0.717) is 5.41 Å². The molecule has 0 radical (unpaired) electrons. The molecule has 0 saturated carbocycles. The highest BCUT2D eigenvalue weighted by Gasteiger charge is 2.13. The number of aromatic nitrogens is 1. The summed E-state index contributed by atoms with van der Waals surface area (Å²) < 4.78 is 2.30. The average molecular weight is 251 g/mol. The first-order valence-electron chi connectivity index (χ1n) is 6.92. The third-order valence-corrected chi connectivity index (χ3v) is 3.71. The molecule has 0 bridgehead atoms. The first-order chi connectivity index (χ1) is 8.96. The second-order valence-electron chi connectivity index (χ2n) is 6.67. The Balaban J connectivity index is 2.23. The van der Waals surface area contributed by atoms with Crippen LogP contribution in [0.2, 0.25) is 0 Å². The second-order valence-corrected chi connectivity index (χ2v) is 6.67. The van der Waals surface area contributed by atoms with Crippen molar-refractivity contribution in [2.45, 2.75) is 27.2 Å². The van der Waals surface area contributed by atoms with Gasteiger partial charge in [-0.1, -0.05) is 51.1 Å². The van der Waals surface area contributed by atoms with E-state index in [9.17, 15) is 0 Å². The lowest BCUT2D eigenvalue weighted by Gasteiger charge is -2.18. The summed E-state index contributed by atoms with van der Waals surface area (Å²) in [5, 5.41) is 2.71. The van der Waals surface area contributed by atoms with Crippen molar-refractivity contribution in [1.82, 2.24) is 4.57 Å². The molecule has 1 aromatic heterocycles. The lowest BCUT2D eigenvalue weighted by molar-refractivity contribution is 0.411. The number of nitrogens with zero attached hydrogens (tertiary/aromatic N) is 1. The molecule has 0 aliphatic heterocycles. The minimum atomic E-state index is 0.332. The van der Waals surface area contributed by atoms with Crippen molar-refractivity contribution in [3.05, 3.63) is 48.0 Å². The van der Waals surface area contributed by atoms with Crippen molar-refractivity contribution in [2.75, 3.05) is 0 Å². The van der Waals surface area contributed by atoms with Crippen LogP contribution < -0.4 is 0 Å². The van der Waals surface area contributed by atoms with Crippen molar-refractivity contribution in [2.24, 2.45) is 12.5 Å². The quantitative estimate of drug-likeness (QED) is 0.578. The SMILES string of the molecule is Cn1c2ccccc2c2ccc(CC(C)(C)C)cc21. The molecule has 0 fully saturated rings. The highest BCUT2D eigenvalue weighted by molar-refractivity contribution is 6.08. The third kappa shape index (κ3) is 2.14. The van der Waals surface area contributed by atoms with Gasteiger partial charge in [-0.15, -0.1) is 0 Å². The number of hydrogen-bond acceptors (Lipinski definition) is 0. The van der Waals surface area contributed by atoms with Crippen LogP contribution in [-0.4, -0.2) is 4.57 Å². The Morgan fingerprint density at radius 2 is 1.58 bits per heavy atom. The van der Waals surface area contributed by atoms with Crippen LogP contribution in [0.5, 0.6) is 0 Å². The number of hydrogen-bond donors (Lipinski definition) is 0. The van der Waals surface area contributed by atoms with Gasteiger partial charge >= 0.3 is 0 Å². The molecule has 0 saturated heterocycles. The van der Waals surface area contributed by atoms with Crippen molar-refractivity contribution in [3.63, 3.8) is 0 Å². The smallest absolute Gasteiger partial charge is 0.0491 e. The van der Waals surface area contributed by atoms with Crippen molar-refractivity contribution >= 4 is 21.8 Å². The molecule has 0 spiro atoms. The zero-order valence-corrected chi connectivity index (χ0v) is 12.2. The minimum absolute atomic E-state index is 0.332. The van der Waals surface area contributed by atoms with Gasteiger partial charge in [-0.3, -0.25) is 0 Å². The van der Waals surface area contributed by atoms with E-state index in [-0.39, 0.29) is 0 Å². The summed E-state index contributed by atoms with van der Waals surface area (Å²) in [6.07, 6.45) is 1.12. The maximum atomic E-state index is 2.35. The fourth-order valence-electron chi connectivity index (χ4n) is 2.93. The van der Waals surface area contributed by atoms with Crippen LogP contribution in [0.25, 0.3) is 21.8 Å². The Morgan fingerprint density at radius 3 is 2.32 bits per heavy atom. The van der Waals surface area contributed by atoms with Gasteiger partial charge in [0.05, 0.1) is 0 Å². The topological polar surface area (TPSA) is 4.93 Å². The van der Waals surface area contributed by atoms with Gasteiger partial charge in [-0.2, -0.15) is 0 Å². The third-order valence-electron chi connectivity index (χ3n) is 3.71. The molecule has 0 N–H and O–H groups in total. The zero-order chi connectivity index (χ0) is 13.6. The number of rotatable bonds is 1. The first-order valence-corrected chi connectivity index (χ1v) is 6.92. The summed E-state index contributed by atoms with van der Waals surface area (Å²) in [6.45, 7) is 6.87. The molecule has 0 unspecified atom stereocenters. The lowest BCUT2D eigenvalue weighted by atomic mass is 9.88. The Bertz CT molecular complexity index is 741. The van der Waals surface area contributed by atoms with E-state index in [1.165, 1.54) is 27.4 Å². The Kier molecular flexibility index (Phi) is 2.67. The van der Waals surface area contributed by atoms with E-state index < -0.39 is 0 Å². The summed E-state index contributed by atoms with van der Waals surface area (Å²) >= 11 is 0. The Hall–Kier alpha value is -1.76. The first kappa shape index (κ1) is 12.3. The van der Waals surface area contributed by atoms with Gasteiger partial charge in [0.25, 0.3) is 0 Å². The maximum Gasteiger partial charge on any atom is 0.0491 e. The molecule has 0 aliphatic rings. The number of para-hydroxylation sites is 1. The molecule has 2 aromatic carbocycles. The van der Waals surface area contributed by atoms with Crippen LogP contribution in [0.3, 0.4) is 0 Å². The molecule has 1 nitrogen and oxygen atoms in total. The van der Waals surface area contributed by atoms with E-state index in [1.807, 2.05) is 0 Å².